The monoisotopic (exact) mass is 364 g/mol. The lowest BCUT2D eigenvalue weighted by molar-refractivity contribution is 0.102. The molecule has 0 bridgehead atoms. The molecule has 1 aromatic heterocycles. The number of rotatable bonds is 4. The number of anilines is 1. The van der Waals surface area contributed by atoms with Crippen LogP contribution in [-0.2, 0) is 13.0 Å². The van der Waals surface area contributed by atoms with Crippen molar-refractivity contribution in [1.82, 2.24) is 4.57 Å². The predicted octanol–water partition coefficient (Wildman–Crippen LogP) is 3.63. The van der Waals surface area contributed by atoms with Gasteiger partial charge in [-0.3, -0.25) is 9.59 Å². The smallest absolute Gasteiger partial charge is 0.261 e. The Morgan fingerprint density at radius 1 is 1.36 bits per heavy atom. The van der Waals surface area contributed by atoms with Crippen LogP contribution in [0, 0.1) is 5.82 Å². The van der Waals surface area contributed by atoms with Gasteiger partial charge in [-0.2, -0.15) is 0 Å². The number of nitrogens with zero attached hydrogens (tertiary/aromatic N) is 1. The molecule has 1 amide bonds. The molecule has 132 valence electrons. The van der Waals surface area contributed by atoms with Gasteiger partial charge in [0.05, 0.1) is 12.3 Å². The third-order valence-electron chi connectivity index (χ3n) is 4.13. The number of nitrogens with one attached hydrogen (secondary N) is 1. The van der Waals surface area contributed by atoms with Crippen LogP contribution >= 0.6 is 11.6 Å². The summed E-state index contributed by atoms with van der Waals surface area (Å²) in [5.41, 5.74) is 0.701. The van der Waals surface area contributed by atoms with Crippen LogP contribution in [-0.4, -0.2) is 17.1 Å². The van der Waals surface area contributed by atoms with E-state index < -0.39 is 11.7 Å². The van der Waals surface area contributed by atoms with Crippen molar-refractivity contribution in [3.8, 4) is 5.75 Å². The molecule has 0 saturated carbocycles. The van der Waals surface area contributed by atoms with Crippen LogP contribution in [0.1, 0.15) is 35.8 Å². The number of pyridine rings is 1. The zero-order valence-electron chi connectivity index (χ0n) is 13.8. The van der Waals surface area contributed by atoms with Crippen molar-refractivity contribution in [2.75, 3.05) is 11.9 Å². The topological polar surface area (TPSA) is 60.3 Å². The highest BCUT2D eigenvalue weighted by molar-refractivity contribution is 6.31. The van der Waals surface area contributed by atoms with Gasteiger partial charge < -0.3 is 14.6 Å². The van der Waals surface area contributed by atoms with Gasteiger partial charge >= 0.3 is 0 Å². The van der Waals surface area contributed by atoms with Crippen LogP contribution in [0.15, 0.2) is 29.1 Å². The van der Waals surface area contributed by atoms with Crippen molar-refractivity contribution in [1.29, 1.82) is 0 Å². The fraction of sp³-hybridized carbons (Fsp3) is 0.333. The molecule has 2 heterocycles. The summed E-state index contributed by atoms with van der Waals surface area (Å²) >= 11 is 5.88. The molecule has 0 aliphatic carbocycles. The van der Waals surface area contributed by atoms with Crippen molar-refractivity contribution in [3.05, 3.63) is 56.7 Å². The van der Waals surface area contributed by atoms with E-state index >= 15 is 0 Å². The molecule has 0 fully saturated rings. The Morgan fingerprint density at radius 3 is 2.92 bits per heavy atom. The van der Waals surface area contributed by atoms with Gasteiger partial charge in [-0.15, -0.1) is 0 Å². The molecule has 0 radical (unpaired) electrons. The highest BCUT2D eigenvalue weighted by Gasteiger charge is 2.25. The molecule has 1 aliphatic heterocycles. The second kappa shape index (κ2) is 7.27. The van der Waals surface area contributed by atoms with Crippen LogP contribution in [0.5, 0.6) is 5.75 Å². The van der Waals surface area contributed by atoms with Gasteiger partial charge in [0.25, 0.3) is 11.5 Å². The average Bonchev–Trinajstić information content (AvgIpc) is 2.58. The van der Waals surface area contributed by atoms with E-state index in [9.17, 15) is 14.0 Å². The van der Waals surface area contributed by atoms with Crippen molar-refractivity contribution >= 4 is 23.2 Å². The van der Waals surface area contributed by atoms with Crippen molar-refractivity contribution in [2.24, 2.45) is 0 Å². The fourth-order valence-corrected chi connectivity index (χ4v) is 3.20. The Bertz CT molecular complexity index is 879. The van der Waals surface area contributed by atoms with Crippen LogP contribution in [0.2, 0.25) is 5.02 Å². The Labute approximate surface area is 149 Å². The Morgan fingerprint density at radius 2 is 2.16 bits per heavy atom. The lowest BCUT2D eigenvalue weighted by Crippen LogP contribution is -2.31. The number of hydrogen-bond acceptors (Lipinski definition) is 3. The van der Waals surface area contributed by atoms with Crippen molar-refractivity contribution in [2.45, 2.75) is 32.7 Å². The number of fused-ring (bicyclic) bond motifs is 1. The minimum atomic E-state index is -0.585. The van der Waals surface area contributed by atoms with E-state index in [4.69, 9.17) is 16.3 Å². The summed E-state index contributed by atoms with van der Waals surface area (Å²) < 4.78 is 21.0. The zero-order valence-corrected chi connectivity index (χ0v) is 14.5. The Hall–Kier alpha value is -2.34. The molecule has 25 heavy (non-hydrogen) atoms. The van der Waals surface area contributed by atoms with Gasteiger partial charge in [0, 0.05) is 23.3 Å². The number of halogens is 2. The highest BCUT2D eigenvalue weighted by Crippen LogP contribution is 2.27. The van der Waals surface area contributed by atoms with E-state index in [0.717, 1.165) is 12.8 Å². The van der Waals surface area contributed by atoms with Gasteiger partial charge in [0.1, 0.15) is 17.1 Å². The van der Waals surface area contributed by atoms with E-state index in [1.54, 1.807) is 11.5 Å². The molecule has 3 rings (SSSR count). The number of aromatic nitrogens is 1. The number of amides is 1. The molecule has 5 nitrogen and oxygen atoms in total. The van der Waals surface area contributed by atoms with Crippen molar-refractivity contribution < 1.29 is 13.9 Å². The number of carbonyl (C=O) groups excluding carboxylic acids is 1. The SMILES string of the molecule is CCOc1cc(=O)n2c(c1C(=O)Nc1cc(Cl)ccc1F)CCCC2. The molecular formula is C18H18ClFN2O3. The van der Waals surface area contributed by atoms with Crippen LogP contribution in [0.25, 0.3) is 0 Å². The van der Waals surface area contributed by atoms with E-state index in [0.29, 0.717) is 30.3 Å². The standard InChI is InChI=1S/C18H18ClFN2O3/c1-2-25-15-10-16(23)22-8-4-3-5-14(22)17(15)18(24)21-13-9-11(19)6-7-12(13)20/h6-7,9-10H,2-5,8H2,1H3,(H,21,24). The number of hydrogen-bond donors (Lipinski definition) is 1. The first-order valence-electron chi connectivity index (χ1n) is 8.17. The fourth-order valence-electron chi connectivity index (χ4n) is 3.03. The average molecular weight is 365 g/mol. The summed E-state index contributed by atoms with van der Waals surface area (Å²) in [6.45, 7) is 2.65. The minimum absolute atomic E-state index is 0.0132. The summed E-state index contributed by atoms with van der Waals surface area (Å²) in [7, 11) is 0. The maximum absolute atomic E-state index is 13.9. The summed E-state index contributed by atoms with van der Waals surface area (Å²) in [4.78, 5) is 25.1. The third-order valence-corrected chi connectivity index (χ3v) is 4.37. The molecule has 0 saturated heterocycles. The highest BCUT2D eigenvalue weighted by atomic mass is 35.5. The lowest BCUT2D eigenvalue weighted by Gasteiger charge is -2.23. The quantitative estimate of drug-likeness (QED) is 0.901. The first-order chi connectivity index (χ1) is 12.0. The summed E-state index contributed by atoms with van der Waals surface area (Å²) in [6, 6.07) is 5.26. The molecule has 0 unspecified atom stereocenters. The molecule has 1 N–H and O–H groups in total. The van der Waals surface area contributed by atoms with Gasteiger partial charge in [0.15, 0.2) is 0 Å². The molecule has 1 aromatic carbocycles. The Balaban J connectivity index is 2.06. The summed E-state index contributed by atoms with van der Waals surface area (Å²) in [6.07, 6.45) is 2.35. The zero-order chi connectivity index (χ0) is 18.0. The second-order valence-electron chi connectivity index (χ2n) is 5.79. The van der Waals surface area contributed by atoms with Gasteiger partial charge in [0.2, 0.25) is 0 Å². The number of benzene rings is 1. The molecular weight excluding hydrogens is 347 g/mol. The summed E-state index contributed by atoms with van der Waals surface area (Å²) in [5.74, 6) is -0.881. The molecule has 7 heteroatoms. The molecule has 0 atom stereocenters. The van der Waals surface area contributed by atoms with Crippen LogP contribution < -0.4 is 15.6 Å². The van der Waals surface area contributed by atoms with E-state index in [-0.39, 0.29) is 22.6 Å². The van der Waals surface area contributed by atoms with Crippen LogP contribution in [0.4, 0.5) is 10.1 Å². The molecule has 0 spiro atoms. The first kappa shape index (κ1) is 17.5. The maximum Gasteiger partial charge on any atom is 0.261 e. The molecule has 2 aromatic rings. The van der Waals surface area contributed by atoms with Gasteiger partial charge in [-0.25, -0.2) is 4.39 Å². The molecule has 1 aliphatic rings. The van der Waals surface area contributed by atoms with E-state index in [1.165, 1.54) is 24.3 Å². The minimum Gasteiger partial charge on any atom is -0.493 e. The maximum atomic E-state index is 13.9. The van der Waals surface area contributed by atoms with E-state index in [1.807, 2.05) is 0 Å². The third kappa shape index (κ3) is 3.54. The lowest BCUT2D eigenvalue weighted by atomic mass is 10.0. The predicted molar refractivity (Wildman–Crippen MR) is 94.2 cm³/mol. The number of ether oxygens (including phenoxy) is 1. The largest absolute Gasteiger partial charge is 0.493 e. The van der Waals surface area contributed by atoms with Crippen molar-refractivity contribution in [3.63, 3.8) is 0 Å². The Kier molecular flexibility index (Phi) is 5.08. The van der Waals surface area contributed by atoms with Crippen LogP contribution in [0.3, 0.4) is 0 Å². The normalized spacial score (nSPS) is 13.2. The van der Waals surface area contributed by atoms with Gasteiger partial charge in [-0.1, -0.05) is 11.6 Å². The van der Waals surface area contributed by atoms with Gasteiger partial charge in [-0.05, 0) is 44.4 Å². The first-order valence-corrected chi connectivity index (χ1v) is 8.55. The second-order valence-corrected chi connectivity index (χ2v) is 6.23. The number of carbonyl (C=O) groups is 1. The summed E-state index contributed by atoms with van der Waals surface area (Å²) in [5, 5.41) is 2.85. The van der Waals surface area contributed by atoms with E-state index in [2.05, 4.69) is 5.32 Å².